The summed E-state index contributed by atoms with van der Waals surface area (Å²) >= 11 is 0. The first-order valence-electron chi connectivity index (χ1n) is 3.84. The van der Waals surface area contributed by atoms with Gasteiger partial charge in [-0.25, -0.2) is 0 Å². The molecule has 0 aromatic heterocycles. The molecule has 0 radical (unpaired) electrons. The summed E-state index contributed by atoms with van der Waals surface area (Å²) in [7, 11) is 0. The van der Waals surface area contributed by atoms with E-state index in [4.69, 9.17) is 6.42 Å². The number of allylic oxidation sites excluding steroid dienone is 2. The molecule has 1 nitrogen and oxygen atoms in total. The molecule has 0 unspecified atom stereocenters. The van der Waals surface area contributed by atoms with Crippen LogP contribution >= 0.6 is 0 Å². The van der Waals surface area contributed by atoms with Crippen molar-refractivity contribution in [3.05, 3.63) is 23.9 Å². The second-order valence-corrected chi connectivity index (χ2v) is 2.21. The Kier molecular flexibility index (Phi) is 5.02. The van der Waals surface area contributed by atoms with E-state index in [-0.39, 0.29) is 0 Å². The van der Waals surface area contributed by atoms with Crippen LogP contribution in [0.15, 0.2) is 23.9 Å². The molecule has 0 aliphatic heterocycles. The summed E-state index contributed by atoms with van der Waals surface area (Å²) in [5.74, 6) is 2.48. The van der Waals surface area contributed by atoms with Gasteiger partial charge in [0.1, 0.15) is 0 Å². The van der Waals surface area contributed by atoms with Gasteiger partial charge in [0.2, 0.25) is 0 Å². The highest BCUT2D eigenvalue weighted by Crippen LogP contribution is 2.06. The molecule has 0 rings (SSSR count). The monoisotopic (exact) mass is 149 g/mol. The third-order valence-electron chi connectivity index (χ3n) is 1.40. The average Bonchev–Trinajstić information content (AvgIpc) is 2.03. The molecule has 11 heavy (non-hydrogen) atoms. The van der Waals surface area contributed by atoms with Crippen molar-refractivity contribution < 1.29 is 0 Å². The fourth-order valence-corrected chi connectivity index (χ4v) is 0.742. The number of hydrogen-bond donors (Lipinski definition) is 1. The van der Waals surface area contributed by atoms with Gasteiger partial charge in [-0.2, -0.15) is 0 Å². The molecule has 1 heteroatoms. The Morgan fingerprint density at radius 2 is 2.27 bits per heavy atom. The Bertz CT molecular complexity index is 193. The maximum absolute atomic E-state index is 5.14. The van der Waals surface area contributed by atoms with Crippen molar-refractivity contribution in [2.24, 2.45) is 0 Å². The van der Waals surface area contributed by atoms with Crippen molar-refractivity contribution in [3.63, 3.8) is 0 Å². The highest BCUT2D eigenvalue weighted by atomic mass is 14.9. The first-order valence-corrected chi connectivity index (χ1v) is 3.84. The van der Waals surface area contributed by atoms with Crippen molar-refractivity contribution in [2.45, 2.75) is 20.3 Å². The van der Waals surface area contributed by atoms with Crippen LogP contribution in [-0.4, -0.2) is 6.54 Å². The first kappa shape index (κ1) is 9.84. The summed E-state index contributed by atoms with van der Waals surface area (Å²) < 4.78 is 0. The molecule has 0 amide bonds. The van der Waals surface area contributed by atoms with E-state index in [9.17, 15) is 0 Å². The summed E-state index contributed by atoms with van der Waals surface area (Å²) in [5.41, 5.74) is 2.04. The highest BCUT2D eigenvalue weighted by Gasteiger charge is 1.96. The molecule has 0 bridgehead atoms. The van der Waals surface area contributed by atoms with Crippen LogP contribution in [0.1, 0.15) is 20.3 Å². The van der Waals surface area contributed by atoms with Crippen molar-refractivity contribution in [1.82, 2.24) is 5.32 Å². The van der Waals surface area contributed by atoms with E-state index in [1.54, 1.807) is 6.08 Å². The Balaban J connectivity index is 4.24. The molecule has 0 fully saturated rings. The van der Waals surface area contributed by atoms with Crippen LogP contribution in [0.5, 0.6) is 0 Å². The predicted molar refractivity (Wildman–Crippen MR) is 50.0 cm³/mol. The lowest BCUT2D eigenvalue weighted by molar-refractivity contribution is 0.848. The zero-order chi connectivity index (χ0) is 8.69. The number of rotatable bonds is 4. The second-order valence-electron chi connectivity index (χ2n) is 2.21. The number of likely N-dealkylation sites (N-methyl/N-ethyl adjacent to an activating group) is 1. The van der Waals surface area contributed by atoms with Crippen molar-refractivity contribution >= 4 is 0 Å². The third-order valence-corrected chi connectivity index (χ3v) is 1.40. The van der Waals surface area contributed by atoms with Crippen molar-refractivity contribution in [1.29, 1.82) is 0 Å². The maximum atomic E-state index is 5.14. The lowest BCUT2D eigenvalue weighted by Crippen LogP contribution is -2.13. The van der Waals surface area contributed by atoms with Gasteiger partial charge in [-0.05, 0) is 18.9 Å². The molecule has 0 saturated heterocycles. The van der Waals surface area contributed by atoms with Gasteiger partial charge < -0.3 is 5.32 Å². The molecule has 0 aliphatic carbocycles. The zero-order valence-corrected chi connectivity index (χ0v) is 7.28. The lowest BCUT2D eigenvalue weighted by Gasteiger charge is -2.08. The molecular formula is C10H15N. The smallest absolute Gasteiger partial charge is 0.0451 e. The van der Waals surface area contributed by atoms with Crippen LogP contribution < -0.4 is 5.32 Å². The molecule has 0 heterocycles. The molecule has 0 aliphatic rings. The minimum atomic E-state index is 0.881. The minimum absolute atomic E-state index is 0.881. The Morgan fingerprint density at radius 1 is 1.64 bits per heavy atom. The Morgan fingerprint density at radius 3 is 2.64 bits per heavy atom. The number of terminal acetylenes is 1. The number of nitrogens with one attached hydrogen (secondary N) is 1. The Labute approximate surface area is 69.2 Å². The van der Waals surface area contributed by atoms with E-state index in [0.717, 1.165) is 24.2 Å². The molecule has 0 aromatic carbocycles. The molecule has 0 spiro atoms. The van der Waals surface area contributed by atoms with E-state index in [1.165, 1.54) is 0 Å². The topological polar surface area (TPSA) is 12.0 Å². The summed E-state index contributed by atoms with van der Waals surface area (Å²) in [6.07, 6.45) is 7.79. The van der Waals surface area contributed by atoms with Gasteiger partial charge in [0, 0.05) is 18.3 Å². The largest absolute Gasteiger partial charge is 0.385 e. The van der Waals surface area contributed by atoms with E-state index < -0.39 is 0 Å². The van der Waals surface area contributed by atoms with E-state index in [2.05, 4.69) is 24.7 Å². The van der Waals surface area contributed by atoms with Crippen LogP contribution in [0.2, 0.25) is 0 Å². The Hall–Kier alpha value is -1.16. The van der Waals surface area contributed by atoms with Gasteiger partial charge in [-0.15, -0.1) is 6.42 Å². The maximum Gasteiger partial charge on any atom is 0.0451 e. The van der Waals surface area contributed by atoms with Crippen LogP contribution in [0, 0.1) is 12.3 Å². The normalized spacial score (nSPS) is 10.5. The van der Waals surface area contributed by atoms with Gasteiger partial charge in [0.05, 0.1) is 0 Å². The zero-order valence-electron chi connectivity index (χ0n) is 7.28. The van der Waals surface area contributed by atoms with Gasteiger partial charge in [-0.3, -0.25) is 0 Å². The van der Waals surface area contributed by atoms with E-state index >= 15 is 0 Å². The van der Waals surface area contributed by atoms with Gasteiger partial charge in [0.25, 0.3) is 0 Å². The van der Waals surface area contributed by atoms with Gasteiger partial charge in [0.15, 0.2) is 0 Å². The van der Waals surface area contributed by atoms with Crippen molar-refractivity contribution in [3.8, 4) is 12.3 Å². The average molecular weight is 149 g/mol. The molecule has 0 saturated carbocycles. The van der Waals surface area contributed by atoms with E-state index in [0.29, 0.717) is 0 Å². The van der Waals surface area contributed by atoms with Crippen LogP contribution in [0.4, 0.5) is 0 Å². The third kappa shape index (κ3) is 3.52. The molecular weight excluding hydrogens is 134 g/mol. The second kappa shape index (κ2) is 5.61. The lowest BCUT2D eigenvalue weighted by atomic mass is 10.1. The first-order chi connectivity index (χ1) is 5.26. The summed E-state index contributed by atoms with van der Waals surface area (Å²) in [6.45, 7) is 8.86. The van der Waals surface area contributed by atoms with Crippen LogP contribution in [0.25, 0.3) is 0 Å². The minimum Gasteiger partial charge on any atom is -0.385 e. The molecule has 0 atom stereocenters. The summed E-state index contributed by atoms with van der Waals surface area (Å²) in [6, 6.07) is 0. The standard InChI is InChI=1S/C10H15N/c1-5-8-10(11-7-3)9(4)6-2/h1,8,11H,4,6-7H2,2-3H3/b10-8-. The SMILES string of the molecule is C#C/C=C(\NCC)C(=C)CC. The van der Waals surface area contributed by atoms with Gasteiger partial charge >= 0.3 is 0 Å². The quantitative estimate of drug-likeness (QED) is 0.476. The predicted octanol–water partition coefficient (Wildman–Crippen LogP) is 2.08. The highest BCUT2D eigenvalue weighted by molar-refractivity contribution is 5.31. The summed E-state index contributed by atoms with van der Waals surface area (Å²) in [4.78, 5) is 0. The van der Waals surface area contributed by atoms with E-state index in [1.807, 2.05) is 6.92 Å². The number of hydrogen-bond acceptors (Lipinski definition) is 1. The molecule has 60 valence electrons. The van der Waals surface area contributed by atoms with Crippen molar-refractivity contribution in [2.75, 3.05) is 6.54 Å². The molecule has 1 N–H and O–H groups in total. The summed E-state index contributed by atoms with van der Waals surface area (Å²) in [5, 5.41) is 3.15. The fourth-order valence-electron chi connectivity index (χ4n) is 0.742. The molecule has 0 aromatic rings. The van der Waals surface area contributed by atoms with Crippen LogP contribution in [0.3, 0.4) is 0 Å². The fraction of sp³-hybridized carbons (Fsp3) is 0.400. The van der Waals surface area contributed by atoms with Gasteiger partial charge in [-0.1, -0.05) is 19.4 Å². The van der Waals surface area contributed by atoms with Crippen LogP contribution in [-0.2, 0) is 0 Å².